The number of amides is 1. The Morgan fingerprint density at radius 2 is 2.12 bits per heavy atom. The molecule has 0 bridgehead atoms. The molecule has 0 radical (unpaired) electrons. The van der Waals surface area contributed by atoms with Crippen molar-refractivity contribution in [2.24, 2.45) is 0 Å². The Hall–Kier alpha value is -1.55. The van der Waals surface area contributed by atoms with Gasteiger partial charge in [-0.25, -0.2) is 0 Å². The van der Waals surface area contributed by atoms with Crippen molar-refractivity contribution in [1.29, 1.82) is 0 Å². The van der Waals surface area contributed by atoms with Crippen molar-refractivity contribution in [3.63, 3.8) is 0 Å². The number of hydrogen-bond donors (Lipinski definition) is 3. The number of anilines is 2. The van der Waals surface area contributed by atoms with Crippen molar-refractivity contribution < 1.29 is 4.79 Å². The van der Waals surface area contributed by atoms with Gasteiger partial charge in [-0.05, 0) is 31.5 Å². The molecule has 0 unspecified atom stereocenters. The molecule has 1 aliphatic heterocycles. The van der Waals surface area contributed by atoms with Crippen LogP contribution in [0.25, 0.3) is 0 Å². The van der Waals surface area contributed by atoms with Gasteiger partial charge in [-0.1, -0.05) is 12.1 Å². The van der Waals surface area contributed by atoms with Gasteiger partial charge in [0.25, 0.3) is 0 Å². The Labute approximate surface area is 95.4 Å². The van der Waals surface area contributed by atoms with Gasteiger partial charge in [0.1, 0.15) is 0 Å². The molecule has 1 saturated heterocycles. The van der Waals surface area contributed by atoms with E-state index in [0.717, 1.165) is 30.8 Å². The van der Waals surface area contributed by atoms with Crippen molar-refractivity contribution in [3.05, 3.63) is 24.3 Å². The standard InChI is InChI=1S/C12H17N3O/c1-13-9-5-2-3-6-10(9)15-12(16)11-7-4-8-14-11/h2-3,5-6,11,13-14H,4,7-8H2,1H3,(H,15,16)/t11-/m0/s1. The molecule has 0 aliphatic carbocycles. The number of rotatable bonds is 3. The topological polar surface area (TPSA) is 53.2 Å². The third-order valence-corrected chi connectivity index (χ3v) is 2.83. The predicted molar refractivity (Wildman–Crippen MR) is 65.6 cm³/mol. The molecule has 1 aromatic rings. The number of carbonyl (C=O) groups excluding carboxylic acids is 1. The molecule has 0 saturated carbocycles. The number of para-hydroxylation sites is 2. The van der Waals surface area contributed by atoms with E-state index in [0.29, 0.717) is 0 Å². The van der Waals surface area contributed by atoms with E-state index in [-0.39, 0.29) is 11.9 Å². The fourth-order valence-corrected chi connectivity index (χ4v) is 1.94. The Kier molecular flexibility index (Phi) is 3.41. The molecule has 3 N–H and O–H groups in total. The van der Waals surface area contributed by atoms with Gasteiger partial charge in [-0.15, -0.1) is 0 Å². The Bertz CT molecular complexity index is 372. The predicted octanol–water partition coefficient (Wildman–Crippen LogP) is 1.42. The SMILES string of the molecule is CNc1ccccc1NC(=O)[C@@H]1CCCN1. The van der Waals surface area contributed by atoms with Gasteiger partial charge in [0.15, 0.2) is 0 Å². The summed E-state index contributed by atoms with van der Waals surface area (Å²) < 4.78 is 0. The van der Waals surface area contributed by atoms with Gasteiger partial charge in [0.05, 0.1) is 17.4 Å². The number of hydrogen-bond acceptors (Lipinski definition) is 3. The molecule has 1 aromatic carbocycles. The lowest BCUT2D eigenvalue weighted by Gasteiger charge is -2.13. The average Bonchev–Trinajstić information content (AvgIpc) is 2.83. The minimum atomic E-state index is -0.0371. The summed E-state index contributed by atoms with van der Waals surface area (Å²) in [6, 6.07) is 7.66. The number of carbonyl (C=O) groups is 1. The highest BCUT2D eigenvalue weighted by Gasteiger charge is 2.22. The molecular weight excluding hydrogens is 202 g/mol. The summed E-state index contributed by atoms with van der Waals surface area (Å²) in [6.45, 7) is 0.936. The maximum atomic E-state index is 11.9. The van der Waals surface area contributed by atoms with Crippen molar-refractivity contribution >= 4 is 17.3 Å². The van der Waals surface area contributed by atoms with Gasteiger partial charge in [0.2, 0.25) is 5.91 Å². The van der Waals surface area contributed by atoms with Crippen molar-refractivity contribution in [2.45, 2.75) is 18.9 Å². The minimum Gasteiger partial charge on any atom is -0.386 e. The second-order valence-electron chi connectivity index (χ2n) is 3.93. The normalized spacial score (nSPS) is 19.4. The van der Waals surface area contributed by atoms with Crippen LogP contribution in [0.5, 0.6) is 0 Å². The summed E-state index contributed by atoms with van der Waals surface area (Å²) in [6.07, 6.45) is 2.00. The second-order valence-corrected chi connectivity index (χ2v) is 3.93. The Balaban J connectivity index is 2.05. The fraction of sp³-hybridized carbons (Fsp3) is 0.417. The molecule has 1 heterocycles. The zero-order valence-electron chi connectivity index (χ0n) is 9.42. The van der Waals surface area contributed by atoms with Crippen LogP contribution in [0.15, 0.2) is 24.3 Å². The van der Waals surface area contributed by atoms with Crippen LogP contribution in [0.3, 0.4) is 0 Å². The quantitative estimate of drug-likeness (QED) is 0.720. The molecule has 2 rings (SSSR count). The lowest BCUT2D eigenvalue weighted by atomic mass is 10.2. The van der Waals surface area contributed by atoms with Crippen molar-refractivity contribution in [2.75, 3.05) is 24.2 Å². The third-order valence-electron chi connectivity index (χ3n) is 2.83. The van der Waals surface area contributed by atoms with E-state index in [2.05, 4.69) is 16.0 Å². The lowest BCUT2D eigenvalue weighted by molar-refractivity contribution is -0.117. The van der Waals surface area contributed by atoms with E-state index in [9.17, 15) is 4.79 Å². The highest BCUT2D eigenvalue weighted by molar-refractivity contribution is 5.97. The molecule has 1 amide bonds. The van der Waals surface area contributed by atoms with Crippen LogP contribution < -0.4 is 16.0 Å². The van der Waals surface area contributed by atoms with Gasteiger partial charge < -0.3 is 16.0 Å². The van der Waals surface area contributed by atoms with Crippen LogP contribution in [-0.4, -0.2) is 25.5 Å². The zero-order chi connectivity index (χ0) is 11.4. The summed E-state index contributed by atoms with van der Waals surface area (Å²) in [5.74, 6) is 0.0557. The van der Waals surface area contributed by atoms with Gasteiger partial charge in [-0.3, -0.25) is 4.79 Å². The van der Waals surface area contributed by atoms with Gasteiger partial charge in [0, 0.05) is 7.05 Å². The average molecular weight is 219 g/mol. The van der Waals surface area contributed by atoms with Gasteiger partial charge >= 0.3 is 0 Å². The maximum Gasteiger partial charge on any atom is 0.241 e. The first-order valence-corrected chi connectivity index (χ1v) is 5.62. The largest absolute Gasteiger partial charge is 0.386 e. The van der Waals surface area contributed by atoms with Crippen LogP contribution in [0.1, 0.15) is 12.8 Å². The zero-order valence-corrected chi connectivity index (χ0v) is 9.42. The summed E-state index contributed by atoms with van der Waals surface area (Å²) >= 11 is 0. The molecule has 4 heteroatoms. The minimum absolute atomic E-state index is 0.0371. The molecule has 1 fully saturated rings. The Morgan fingerprint density at radius 1 is 1.38 bits per heavy atom. The molecule has 0 aromatic heterocycles. The highest BCUT2D eigenvalue weighted by atomic mass is 16.2. The molecule has 0 spiro atoms. The third kappa shape index (κ3) is 2.33. The monoisotopic (exact) mass is 219 g/mol. The van der Waals surface area contributed by atoms with Crippen LogP contribution in [0.2, 0.25) is 0 Å². The smallest absolute Gasteiger partial charge is 0.241 e. The first-order valence-electron chi connectivity index (χ1n) is 5.62. The van der Waals surface area contributed by atoms with Crippen LogP contribution in [0, 0.1) is 0 Å². The van der Waals surface area contributed by atoms with Crippen molar-refractivity contribution in [3.8, 4) is 0 Å². The van der Waals surface area contributed by atoms with E-state index in [1.807, 2.05) is 31.3 Å². The van der Waals surface area contributed by atoms with E-state index >= 15 is 0 Å². The summed E-state index contributed by atoms with van der Waals surface area (Å²) in [5, 5.41) is 9.18. The summed E-state index contributed by atoms with van der Waals surface area (Å²) in [7, 11) is 1.85. The first-order chi connectivity index (χ1) is 7.81. The fourth-order valence-electron chi connectivity index (χ4n) is 1.94. The lowest BCUT2D eigenvalue weighted by Crippen LogP contribution is -2.35. The Morgan fingerprint density at radius 3 is 2.75 bits per heavy atom. The molecule has 1 atom stereocenters. The second kappa shape index (κ2) is 4.99. The summed E-state index contributed by atoms with van der Waals surface area (Å²) in [4.78, 5) is 11.9. The number of benzene rings is 1. The van der Waals surface area contributed by atoms with Crippen LogP contribution in [0.4, 0.5) is 11.4 Å². The van der Waals surface area contributed by atoms with Crippen molar-refractivity contribution in [1.82, 2.24) is 5.32 Å². The van der Waals surface area contributed by atoms with E-state index in [4.69, 9.17) is 0 Å². The molecule has 16 heavy (non-hydrogen) atoms. The molecule has 1 aliphatic rings. The number of nitrogens with one attached hydrogen (secondary N) is 3. The van der Waals surface area contributed by atoms with E-state index in [1.54, 1.807) is 0 Å². The highest BCUT2D eigenvalue weighted by Crippen LogP contribution is 2.20. The van der Waals surface area contributed by atoms with E-state index in [1.165, 1.54) is 0 Å². The van der Waals surface area contributed by atoms with E-state index < -0.39 is 0 Å². The maximum absolute atomic E-state index is 11.9. The molecule has 86 valence electrons. The molecular formula is C12H17N3O. The molecule has 4 nitrogen and oxygen atoms in total. The van der Waals surface area contributed by atoms with Gasteiger partial charge in [-0.2, -0.15) is 0 Å². The first kappa shape index (κ1) is 11.0. The summed E-state index contributed by atoms with van der Waals surface area (Å²) in [5.41, 5.74) is 1.78. The van der Waals surface area contributed by atoms with Crippen LogP contribution in [-0.2, 0) is 4.79 Å². The van der Waals surface area contributed by atoms with Crippen LogP contribution >= 0.6 is 0 Å².